The van der Waals surface area contributed by atoms with Crippen LogP contribution < -0.4 is 10.5 Å². The Morgan fingerprint density at radius 3 is 2.28 bits per heavy atom. The number of anilines is 1. The maximum atomic E-state index is 6.13. The van der Waals surface area contributed by atoms with Crippen molar-refractivity contribution in [1.82, 2.24) is 0 Å². The fraction of sp³-hybridized carbons (Fsp3) is 0.571. The summed E-state index contributed by atoms with van der Waals surface area (Å²) in [6.45, 7) is 4.57. The van der Waals surface area contributed by atoms with Gasteiger partial charge in [-0.05, 0) is 43.2 Å². The number of rotatable bonds is 2. The predicted molar refractivity (Wildman–Crippen MR) is 77.5 cm³/mol. The lowest BCUT2D eigenvalue weighted by molar-refractivity contribution is 0.101. The van der Waals surface area contributed by atoms with Crippen molar-refractivity contribution < 1.29 is 4.74 Å². The first-order chi connectivity index (χ1) is 8.47. The molecule has 1 aliphatic rings. The first-order valence-corrected chi connectivity index (χ1v) is 7.14. The van der Waals surface area contributed by atoms with Crippen LogP contribution in [0.25, 0.3) is 0 Å². The molecule has 4 heteroatoms. The van der Waals surface area contributed by atoms with E-state index in [1.54, 1.807) is 12.1 Å². The average Bonchev–Trinajstić information content (AvgIpc) is 2.28. The lowest BCUT2D eigenvalue weighted by Gasteiger charge is -2.32. The summed E-state index contributed by atoms with van der Waals surface area (Å²) in [4.78, 5) is 0. The van der Waals surface area contributed by atoms with Gasteiger partial charge in [-0.1, -0.05) is 37.0 Å². The quantitative estimate of drug-likeness (QED) is 0.795. The normalized spacial score (nSPS) is 28.1. The van der Waals surface area contributed by atoms with Gasteiger partial charge < -0.3 is 10.5 Å². The highest BCUT2D eigenvalue weighted by atomic mass is 35.5. The molecule has 0 aromatic heterocycles. The first kappa shape index (κ1) is 13.8. The molecule has 0 amide bonds. The molecule has 2 N–H and O–H groups in total. The molecule has 0 saturated heterocycles. The Labute approximate surface area is 118 Å². The Kier molecular flexibility index (Phi) is 4.29. The van der Waals surface area contributed by atoms with Crippen LogP contribution in [0, 0.1) is 11.8 Å². The monoisotopic (exact) mass is 287 g/mol. The van der Waals surface area contributed by atoms with Gasteiger partial charge in [-0.25, -0.2) is 0 Å². The van der Waals surface area contributed by atoms with Crippen LogP contribution in [0.2, 0.25) is 10.0 Å². The van der Waals surface area contributed by atoms with Crippen LogP contribution in [-0.2, 0) is 0 Å². The van der Waals surface area contributed by atoms with E-state index in [9.17, 15) is 0 Å². The minimum atomic E-state index is 0.204. The van der Waals surface area contributed by atoms with E-state index in [1.807, 2.05) is 0 Å². The summed E-state index contributed by atoms with van der Waals surface area (Å²) in [5.74, 6) is 2.01. The van der Waals surface area contributed by atoms with E-state index in [-0.39, 0.29) is 6.10 Å². The fourth-order valence-electron chi connectivity index (χ4n) is 2.46. The predicted octanol–water partition coefficient (Wildman–Crippen LogP) is 4.78. The van der Waals surface area contributed by atoms with Gasteiger partial charge in [0.15, 0.2) is 5.75 Å². The van der Waals surface area contributed by atoms with Crippen LogP contribution in [0.5, 0.6) is 5.75 Å². The van der Waals surface area contributed by atoms with E-state index in [1.165, 1.54) is 6.42 Å². The molecule has 1 aromatic rings. The molecule has 0 aliphatic heterocycles. The summed E-state index contributed by atoms with van der Waals surface area (Å²) in [7, 11) is 0. The summed E-state index contributed by atoms with van der Waals surface area (Å²) in [5, 5.41) is 0.984. The van der Waals surface area contributed by atoms with Gasteiger partial charge >= 0.3 is 0 Å². The van der Waals surface area contributed by atoms with Crippen molar-refractivity contribution in [2.75, 3.05) is 5.73 Å². The first-order valence-electron chi connectivity index (χ1n) is 6.38. The summed E-state index contributed by atoms with van der Waals surface area (Å²) >= 11 is 12.3. The zero-order valence-electron chi connectivity index (χ0n) is 10.7. The Bertz CT molecular complexity index is 413. The van der Waals surface area contributed by atoms with Crippen LogP contribution in [0.15, 0.2) is 12.1 Å². The largest absolute Gasteiger partial charge is 0.487 e. The summed E-state index contributed by atoms with van der Waals surface area (Å²) < 4.78 is 5.97. The lowest BCUT2D eigenvalue weighted by Crippen LogP contribution is -2.28. The number of halogens is 2. The average molecular weight is 288 g/mol. The zero-order chi connectivity index (χ0) is 13.3. The van der Waals surface area contributed by atoms with Crippen LogP contribution in [0.4, 0.5) is 5.69 Å². The molecule has 0 radical (unpaired) electrons. The summed E-state index contributed by atoms with van der Waals surface area (Å²) in [6, 6.07) is 3.36. The molecule has 0 heterocycles. The van der Waals surface area contributed by atoms with E-state index in [4.69, 9.17) is 33.7 Å². The van der Waals surface area contributed by atoms with E-state index in [0.29, 0.717) is 27.4 Å². The highest BCUT2D eigenvalue weighted by molar-refractivity contribution is 6.37. The second-order valence-electron chi connectivity index (χ2n) is 5.32. The summed E-state index contributed by atoms with van der Waals surface area (Å²) in [5.41, 5.74) is 6.24. The van der Waals surface area contributed by atoms with Crippen molar-refractivity contribution in [2.24, 2.45) is 11.8 Å². The number of ether oxygens (including phenoxy) is 1. The molecular weight excluding hydrogens is 269 g/mol. The number of benzene rings is 1. The SMILES string of the molecule is CC1CCC(Oc2c(Cl)cc(N)cc2Cl)CC1C. The minimum absolute atomic E-state index is 0.204. The third-order valence-corrected chi connectivity index (χ3v) is 4.42. The topological polar surface area (TPSA) is 35.2 Å². The number of nitrogen functional groups attached to an aromatic ring is 1. The second-order valence-corrected chi connectivity index (χ2v) is 6.14. The summed E-state index contributed by atoms with van der Waals surface area (Å²) in [6.07, 6.45) is 3.51. The second kappa shape index (κ2) is 5.58. The molecule has 2 rings (SSSR count). The Morgan fingerprint density at radius 2 is 1.72 bits per heavy atom. The van der Waals surface area contributed by atoms with E-state index in [0.717, 1.165) is 18.8 Å². The van der Waals surface area contributed by atoms with Crippen molar-refractivity contribution in [2.45, 2.75) is 39.2 Å². The molecule has 0 spiro atoms. The molecule has 0 bridgehead atoms. The Balaban J connectivity index is 2.10. The molecule has 18 heavy (non-hydrogen) atoms. The van der Waals surface area contributed by atoms with Crippen molar-refractivity contribution >= 4 is 28.9 Å². The van der Waals surface area contributed by atoms with Crippen LogP contribution in [0.1, 0.15) is 33.1 Å². The molecule has 1 aromatic carbocycles. The van der Waals surface area contributed by atoms with Gasteiger partial charge in [0, 0.05) is 5.69 Å². The third-order valence-electron chi connectivity index (χ3n) is 3.86. The van der Waals surface area contributed by atoms with Gasteiger partial charge in [0.05, 0.1) is 16.1 Å². The molecule has 1 aliphatic carbocycles. The highest BCUT2D eigenvalue weighted by Crippen LogP contribution is 2.39. The minimum Gasteiger partial charge on any atom is -0.487 e. The van der Waals surface area contributed by atoms with Crippen molar-refractivity contribution in [1.29, 1.82) is 0 Å². The van der Waals surface area contributed by atoms with Gasteiger partial charge in [0.1, 0.15) is 0 Å². The van der Waals surface area contributed by atoms with Gasteiger partial charge in [-0.2, -0.15) is 0 Å². The third kappa shape index (κ3) is 3.04. The standard InChI is InChI=1S/C14H19Cl2NO/c1-8-3-4-11(5-9(8)2)18-14-12(15)6-10(17)7-13(14)16/h6-9,11H,3-5,17H2,1-2H3. The van der Waals surface area contributed by atoms with Crippen molar-refractivity contribution in [3.8, 4) is 5.75 Å². The molecule has 3 atom stereocenters. The number of hydrogen-bond donors (Lipinski definition) is 1. The smallest absolute Gasteiger partial charge is 0.157 e. The zero-order valence-corrected chi connectivity index (χ0v) is 12.3. The van der Waals surface area contributed by atoms with E-state index < -0.39 is 0 Å². The van der Waals surface area contributed by atoms with Gasteiger partial charge in [0.2, 0.25) is 0 Å². The van der Waals surface area contributed by atoms with Crippen LogP contribution in [0.3, 0.4) is 0 Å². The van der Waals surface area contributed by atoms with Crippen molar-refractivity contribution in [3.63, 3.8) is 0 Å². The van der Waals surface area contributed by atoms with Crippen molar-refractivity contribution in [3.05, 3.63) is 22.2 Å². The molecular formula is C14H19Cl2NO. The highest BCUT2D eigenvalue weighted by Gasteiger charge is 2.26. The maximum absolute atomic E-state index is 6.13. The molecule has 100 valence electrons. The molecule has 3 unspecified atom stereocenters. The van der Waals surface area contributed by atoms with Gasteiger partial charge in [-0.3, -0.25) is 0 Å². The Morgan fingerprint density at radius 1 is 1.11 bits per heavy atom. The van der Waals surface area contributed by atoms with Crippen LogP contribution >= 0.6 is 23.2 Å². The molecule has 2 nitrogen and oxygen atoms in total. The molecule has 1 saturated carbocycles. The van der Waals surface area contributed by atoms with Crippen LogP contribution in [-0.4, -0.2) is 6.10 Å². The maximum Gasteiger partial charge on any atom is 0.157 e. The van der Waals surface area contributed by atoms with Gasteiger partial charge in [-0.15, -0.1) is 0 Å². The number of nitrogens with two attached hydrogens (primary N) is 1. The molecule has 1 fully saturated rings. The van der Waals surface area contributed by atoms with E-state index in [2.05, 4.69) is 13.8 Å². The number of hydrogen-bond acceptors (Lipinski definition) is 2. The fourth-order valence-corrected chi connectivity index (χ4v) is 3.06. The van der Waals surface area contributed by atoms with Gasteiger partial charge in [0.25, 0.3) is 0 Å². The van der Waals surface area contributed by atoms with E-state index >= 15 is 0 Å². The Hall–Kier alpha value is -0.600. The lowest BCUT2D eigenvalue weighted by atomic mass is 9.80.